The number of ether oxygens (including phenoxy) is 2. The van der Waals surface area contributed by atoms with Gasteiger partial charge in [0, 0.05) is 0 Å². The summed E-state index contributed by atoms with van der Waals surface area (Å²) in [7, 11) is 0. The monoisotopic (exact) mass is 434 g/mol. The molecule has 0 aromatic heterocycles. The van der Waals surface area contributed by atoms with Crippen LogP contribution in [-0.4, -0.2) is 24.1 Å². The first-order chi connectivity index (χ1) is 15.0. The summed E-state index contributed by atoms with van der Waals surface area (Å²) in [5, 5.41) is 0. The van der Waals surface area contributed by atoms with Crippen molar-refractivity contribution in [3.8, 4) is 0 Å². The molecular formula is C27H46O4. The van der Waals surface area contributed by atoms with Gasteiger partial charge < -0.3 is 9.47 Å². The van der Waals surface area contributed by atoms with Gasteiger partial charge in [0.2, 0.25) is 0 Å². The summed E-state index contributed by atoms with van der Waals surface area (Å²) in [6.07, 6.45) is 17.2. The van der Waals surface area contributed by atoms with Gasteiger partial charge in [0.25, 0.3) is 0 Å². The zero-order valence-electron chi connectivity index (χ0n) is 20.3. The average Bonchev–Trinajstić information content (AvgIpc) is 2.78. The van der Waals surface area contributed by atoms with E-state index in [4.69, 9.17) is 9.47 Å². The zero-order valence-corrected chi connectivity index (χ0v) is 20.3. The van der Waals surface area contributed by atoms with Crippen molar-refractivity contribution in [2.45, 2.75) is 129 Å². The highest BCUT2D eigenvalue weighted by Crippen LogP contribution is 2.41. The lowest BCUT2D eigenvalue weighted by Gasteiger charge is -2.37. The molecule has 0 atom stereocenters. The van der Waals surface area contributed by atoms with E-state index in [1.807, 2.05) is 13.8 Å². The van der Waals surface area contributed by atoms with Crippen molar-refractivity contribution in [1.29, 1.82) is 0 Å². The molecule has 0 radical (unpaired) electrons. The summed E-state index contributed by atoms with van der Waals surface area (Å²) < 4.78 is 11.4. The highest BCUT2D eigenvalue weighted by Gasteiger charge is 2.35. The molecule has 0 amide bonds. The van der Waals surface area contributed by atoms with Crippen LogP contribution < -0.4 is 0 Å². The maximum absolute atomic E-state index is 12.7. The number of carbonyl (C=O) groups excluding carboxylic acids is 2. The number of unbranched alkanes of at least 4 members (excludes halogenated alkanes) is 1. The van der Waals surface area contributed by atoms with Gasteiger partial charge in [-0.1, -0.05) is 26.2 Å². The average molecular weight is 435 g/mol. The Kier molecular flexibility index (Phi) is 9.72. The molecule has 4 nitrogen and oxygen atoms in total. The van der Waals surface area contributed by atoms with Gasteiger partial charge in [-0.15, -0.1) is 0 Å². The zero-order chi connectivity index (χ0) is 22.2. The quantitative estimate of drug-likeness (QED) is 0.392. The van der Waals surface area contributed by atoms with E-state index in [1.165, 1.54) is 44.9 Å². The molecule has 0 spiro atoms. The molecule has 0 aliphatic heterocycles. The van der Waals surface area contributed by atoms with Crippen LogP contribution in [0.15, 0.2) is 0 Å². The lowest BCUT2D eigenvalue weighted by Crippen LogP contribution is -2.33. The molecule has 3 saturated carbocycles. The molecule has 3 aliphatic carbocycles. The molecule has 4 heteroatoms. The molecule has 0 unspecified atom stereocenters. The molecule has 0 aromatic rings. The smallest absolute Gasteiger partial charge is 0.309 e. The van der Waals surface area contributed by atoms with Crippen LogP contribution in [0.5, 0.6) is 0 Å². The van der Waals surface area contributed by atoms with Crippen molar-refractivity contribution < 1.29 is 19.1 Å². The van der Waals surface area contributed by atoms with E-state index in [0.29, 0.717) is 0 Å². The Hall–Kier alpha value is -1.06. The second kappa shape index (κ2) is 12.3. The predicted molar refractivity (Wildman–Crippen MR) is 123 cm³/mol. The first-order valence-electron chi connectivity index (χ1n) is 13.4. The SMILES string of the molecule is CCCCC1CCC(C(=O)OC2CCC(C3CCC(C(=O)OC(C)C)CC3)CC2)CC1. The van der Waals surface area contributed by atoms with Gasteiger partial charge in [0.15, 0.2) is 0 Å². The summed E-state index contributed by atoms with van der Waals surface area (Å²) in [5.74, 6) is 2.65. The van der Waals surface area contributed by atoms with Crippen LogP contribution in [0.25, 0.3) is 0 Å². The van der Waals surface area contributed by atoms with E-state index in [-0.39, 0.29) is 36.0 Å². The number of hydrogen-bond acceptors (Lipinski definition) is 4. The molecule has 0 bridgehead atoms. The summed E-state index contributed by atoms with van der Waals surface area (Å²) in [4.78, 5) is 24.8. The van der Waals surface area contributed by atoms with Crippen molar-refractivity contribution in [3.05, 3.63) is 0 Å². The summed E-state index contributed by atoms with van der Waals surface area (Å²) in [5.41, 5.74) is 0. The Morgan fingerprint density at radius 1 is 0.742 bits per heavy atom. The van der Waals surface area contributed by atoms with Crippen LogP contribution in [0.2, 0.25) is 0 Å². The minimum Gasteiger partial charge on any atom is -0.463 e. The number of esters is 2. The van der Waals surface area contributed by atoms with Crippen molar-refractivity contribution in [2.24, 2.45) is 29.6 Å². The van der Waals surface area contributed by atoms with E-state index in [0.717, 1.165) is 69.1 Å². The first-order valence-corrected chi connectivity index (χ1v) is 13.4. The second-order valence-electron chi connectivity index (χ2n) is 10.9. The van der Waals surface area contributed by atoms with Crippen molar-refractivity contribution >= 4 is 11.9 Å². The fourth-order valence-electron chi connectivity index (χ4n) is 6.27. The molecule has 31 heavy (non-hydrogen) atoms. The maximum atomic E-state index is 12.7. The van der Waals surface area contributed by atoms with Crippen LogP contribution in [0.4, 0.5) is 0 Å². The molecular weight excluding hydrogens is 388 g/mol. The fraction of sp³-hybridized carbons (Fsp3) is 0.926. The van der Waals surface area contributed by atoms with Crippen LogP contribution in [0, 0.1) is 29.6 Å². The van der Waals surface area contributed by atoms with Crippen LogP contribution in [-0.2, 0) is 19.1 Å². The van der Waals surface area contributed by atoms with Crippen LogP contribution in [0.3, 0.4) is 0 Å². The molecule has 3 fully saturated rings. The topological polar surface area (TPSA) is 52.6 Å². The number of carbonyl (C=O) groups is 2. The Bertz CT molecular complexity index is 548. The third kappa shape index (κ3) is 7.49. The summed E-state index contributed by atoms with van der Waals surface area (Å²) in [6.45, 7) is 6.10. The van der Waals surface area contributed by atoms with Gasteiger partial charge >= 0.3 is 11.9 Å². The molecule has 3 aliphatic rings. The largest absolute Gasteiger partial charge is 0.463 e. The van der Waals surface area contributed by atoms with Crippen molar-refractivity contribution in [2.75, 3.05) is 0 Å². The minimum absolute atomic E-state index is 0.00321. The number of hydrogen-bond donors (Lipinski definition) is 0. The molecule has 178 valence electrons. The Morgan fingerprint density at radius 2 is 1.26 bits per heavy atom. The molecule has 0 aromatic carbocycles. The van der Waals surface area contributed by atoms with E-state index < -0.39 is 0 Å². The number of rotatable bonds is 8. The molecule has 0 heterocycles. The highest BCUT2D eigenvalue weighted by molar-refractivity contribution is 5.73. The van der Waals surface area contributed by atoms with Crippen molar-refractivity contribution in [1.82, 2.24) is 0 Å². The van der Waals surface area contributed by atoms with Crippen LogP contribution in [0.1, 0.15) is 117 Å². The normalized spacial score (nSPS) is 34.3. The van der Waals surface area contributed by atoms with E-state index in [1.54, 1.807) is 0 Å². The van der Waals surface area contributed by atoms with Gasteiger partial charge in [-0.25, -0.2) is 0 Å². The van der Waals surface area contributed by atoms with Crippen LogP contribution >= 0.6 is 0 Å². The Morgan fingerprint density at radius 3 is 1.81 bits per heavy atom. The van der Waals surface area contributed by atoms with E-state index >= 15 is 0 Å². The predicted octanol–water partition coefficient (Wildman–Crippen LogP) is 6.84. The summed E-state index contributed by atoms with van der Waals surface area (Å²) in [6, 6.07) is 0. The minimum atomic E-state index is -0.0145. The first kappa shape index (κ1) is 24.6. The third-order valence-corrected chi connectivity index (χ3v) is 8.27. The van der Waals surface area contributed by atoms with Gasteiger partial charge in [-0.2, -0.15) is 0 Å². The maximum Gasteiger partial charge on any atom is 0.309 e. The second-order valence-corrected chi connectivity index (χ2v) is 10.9. The molecule has 0 N–H and O–H groups in total. The highest BCUT2D eigenvalue weighted by atomic mass is 16.5. The molecule has 0 saturated heterocycles. The standard InChI is InChI=1S/C27H46O4/c1-4-5-6-20-7-9-23(10-8-20)27(29)31-25-17-15-22(16-18-25)21-11-13-24(14-12-21)26(28)30-19(2)3/h19-25H,4-18H2,1-3H3. The lowest BCUT2D eigenvalue weighted by molar-refractivity contribution is -0.157. The fourth-order valence-corrected chi connectivity index (χ4v) is 6.27. The van der Waals surface area contributed by atoms with Crippen molar-refractivity contribution in [3.63, 3.8) is 0 Å². The lowest BCUT2D eigenvalue weighted by atomic mass is 9.70. The van der Waals surface area contributed by atoms with E-state index in [9.17, 15) is 9.59 Å². The Balaban J connectivity index is 1.32. The van der Waals surface area contributed by atoms with Gasteiger partial charge in [0.05, 0.1) is 17.9 Å². The van der Waals surface area contributed by atoms with Gasteiger partial charge in [-0.05, 0) is 109 Å². The van der Waals surface area contributed by atoms with E-state index in [2.05, 4.69) is 6.92 Å². The van der Waals surface area contributed by atoms with Gasteiger partial charge in [0.1, 0.15) is 6.10 Å². The van der Waals surface area contributed by atoms with Gasteiger partial charge in [-0.3, -0.25) is 9.59 Å². The Labute approximate surface area is 190 Å². The summed E-state index contributed by atoms with van der Waals surface area (Å²) >= 11 is 0. The third-order valence-electron chi connectivity index (χ3n) is 8.27. The molecule has 3 rings (SSSR count).